The van der Waals surface area contributed by atoms with Crippen molar-refractivity contribution in [2.45, 2.75) is 5.60 Å². The Balaban J connectivity index is 2.19. The van der Waals surface area contributed by atoms with E-state index in [-0.39, 0.29) is 0 Å². The van der Waals surface area contributed by atoms with Gasteiger partial charge in [0.1, 0.15) is 17.7 Å². The standard InChI is InChI=1S/C18H15NO3/c20-18(14-7-3-1-4-8-14,15-9-5-2-6-10-15)17-12-11-16(22-17)13-19-21/h1-13,20-21H/b19-13+. The fraction of sp³-hybridized carbons (Fsp3) is 0.0556. The molecule has 0 bridgehead atoms. The molecule has 22 heavy (non-hydrogen) atoms. The minimum Gasteiger partial charge on any atom is -0.456 e. The predicted octanol–water partition coefficient (Wildman–Crippen LogP) is 3.37. The first kappa shape index (κ1) is 14.1. The molecule has 2 aromatic carbocycles. The molecule has 1 heterocycles. The van der Waals surface area contributed by atoms with Gasteiger partial charge in [-0.3, -0.25) is 0 Å². The summed E-state index contributed by atoms with van der Waals surface area (Å²) >= 11 is 0. The van der Waals surface area contributed by atoms with E-state index >= 15 is 0 Å². The third-order valence-corrected chi connectivity index (χ3v) is 3.55. The zero-order valence-electron chi connectivity index (χ0n) is 11.8. The van der Waals surface area contributed by atoms with Crippen LogP contribution in [0.25, 0.3) is 0 Å². The topological polar surface area (TPSA) is 66.0 Å². The quantitative estimate of drug-likeness (QED) is 0.440. The molecule has 0 fully saturated rings. The minimum atomic E-state index is -1.41. The van der Waals surface area contributed by atoms with Crippen molar-refractivity contribution in [2.24, 2.45) is 5.16 Å². The maximum Gasteiger partial charge on any atom is 0.173 e. The van der Waals surface area contributed by atoms with Crippen molar-refractivity contribution in [3.63, 3.8) is 0 Å². The average Bonchev–Trinajstić information content (AvgIpc) is 3.05. The number of nitrogens with zero attached hydrogens (tertiary/aromatic N) is 1. The zero-order valence-corrected chi connectivity index (χ0v) is 11.8. The molecule has 0 amide bonds. The van der Waals surface area contributed by atoms with Gasteiger partial charge in [0.25, 0.3) is 0 Å². The molecule has 0 spiro atoms. The van der Waals surface area contributed by atoms with E-state index in [1.165, 1.54) is 6.21 Å². The number of aliphatic hydroxyl groups is 1. The summed E-state index contributed by atoms with van der Waals surface area (Å²) in [5.74, 6) is 0.725. The van der Waals surface area contributed by atoms with E-state index < -0.39 is 5.60 Å². The summed E-state index contributed by atoms with van der Waals surface area (Å²) in [5.41, 5.74) is -0.0181. The highest BCUT2D eigenvalue weighted by Crippen LogP contribution is 2.37. The number of oxime groups is 1. The van der Waals surface area contributed by atoms with E-state index in [9.17, 15) is 5.11 Å². The number of hydrogen-bond acceptors (Lipinski definition) is 4. The van der Waals surface area contributed by atoms with Crippen LogP contribution < -0.4 is 0 Å². The third kappa shape index (κ3) is 2.40. The molecule has 0 radical (unpaired) electrons. The molecule has 4 heteroatoms. The van der Waals surface area contributed by atoms with E-state index in [0.717, 1.165) is 0 Å². The first-order chi connectivity index (χ1) is 10.7. The van der Waals surface area contributed by atoms with Crippen molar-refractivity contribution in [3.05, 3.63) is 95.4 Å². The molecule has 0 saturated heterocycles. The van der Waals surface area contributed by atoms with Crippen LogP contribution in [0.15, 0.2) is 82.4 Å². The van der Waals surface area contributed by atoms with Gasteiger partial charge in [0, 0.05) is 0 Å². The predicted molar refractivity (Wildman–Crippen MR) is 83.1 cm³/mol. The fourth-order valence-electron chi connectivity index (χ4n) is 2.48. The van der Waals surface area contributed by atoms with Crippen LogP contribution in [-0.2, 0) is 5.60 Å². The SMILES string of the molecule is O/N=C/c1ccc(C(O)(c2ccccc2)c2ccccc2)o1. The molecule has 0 atom stereocenters. The van der Waals surface area contributed by atoms with Crippen LogP contribution in [0, 0.1) is 0 Å². The Labute approximate surface area is 128 Å². The number of furan rings is 1. The number of rotatable bonds is 4. The Kier molecular flexibility index (Phi) is 3.76. The lowest BCUT2D eigenvalue weighted by atomic mass is 9.84. The molecule has 110 valence electrons. The van der Waals surface area contributed by atoms with Crippen LogP contribution in [0.5, 0.6) is 0 Å². The second-order valence-electron chi connectivity index (χ2n) is 4.89. The third-order valence-electron chi connectivity index (χ3n) is 3.55. The van der Waals surface area contributed by atoms with Gasteiger partial charge in [-0.2, -0.15) is 0 Å². The van der Waals surface area contributed by atoms with Gasteiger partial charge in [-0.15, -0.1) is 0 Å². The van der Waals surface area contributed by atoms with E-state index in [0.29, 0.717) is 22.6 Å². The molecular formula is C18H15NO3. The van der Waals surface area contributed by atoms with Crippen molar-refractivity contribution in [1.29, 1.82) is 0 Å². The van der Waals surface area contributed by atoms with Gasteiger partial charge in [-0.1, -0.05) is 65.8 Å². The van der Waals surface area contributed by atoms with Crippen molar-refractivity contribution in [2.75, 3.05) is 0 Å². The normalized spacial score (nSPS) is 11.9. The van der Waals surface area contributed by atoms with Crippen molar-refractivity contribution in [3.8, 4) is 0 Å². The molecular weight excluding hydrogens is 278 g/mol. The maximum absolute atomic E-state index is 11.4. The van der Waals surface area contributed by atoms with Gasteiger partial charge in [0.15, 0.2) is 5.60 Å². The molecule has 1 aromatic heterocycles. The monoisotopic (exact) mass is 293 g/mol. The Morgan fingerprint density at radius 3 is 1.86 bits per heavy atom. The molecule has 3 aromatic rings. The van der Waals surface area contributed by atoms with Gasteiger partial charge in [0.2, 0.25) is 0 Å². The van der Waals surface area contributed by atoms with E-state index in [1.54, 1.807) is 12.1 Å². The summed E-state index contributed by atoms with van der Waals surface area (Å²) in [6.07, 6.45) is 1.18. The first-order valence-corrected chi connectivity index (χ1v) is 6.86. The highest BCUT2D eigenvalue weighted by molar-refractivity contribution is 5.75. The van der Waals surface area contributed by atoms with Crippen LogP contribution in [0.1, 0.15) is 22.6 Å². The molecule has 0 saturated carbocycles. The lowest BCUT2D eigenvalue weighted by Crippen LogP contribution is -2.28. The molecule has 4 nitrogen and oxygen atoms in total. The zero-order chi connectivity index (χ0) is 15.4. The highest BCUT2D eigenvalue weighted by Gasteiger charge is 2.36. The Morgan fingerprint density at radius 1 is 0.818 bits per heavy atom. The lowest BCUT2D eigenvalue weighted by molar-refractivity contribution is 0.0987. The molecule has 0 unspecified atom stereocenters. The van der Waals surface area contributed by atoms with Gasteiger partial charge < -0.3 is 14.7 Å². The molecule has 0 aliphatic rings. The Morgan fingerprint density at radius 2 is 1.36 bits per heavy atom. The highest BCUT2D eigenvalue weighted by atomic mass is 16.4. The fourth-order valence-corrected chi connectivity index (χ4v) is 2.48. The minimum absolute atomic E-state index is 0.361. The van der Waals surface area contributed by atoms with Crippen LogP contribution >= 0.6 is 0 Å². The van der Waals surface area contributed by atoms with E-state index in [2.05, 4.69) is 5.16 Å². The van der Waals surface area contributed by atoms with Gasteiger partial charge >= 0.3 is 0 Å². The summed E-state index contributed by atoms with van der Waals surface area (Å²) in [6, 6.07) is 21.9. The van der Waals surface area contributed by atoms with Crippen LogP contribution in [0.4, 0.5) is 0 Å². The van der Waals surface area contributed by atoms with Gasteiger partial charge in [-0.05, 0) is 23.3 Å². The molecule has 0 aliphatic carbocycles. The largest absolute Gasteiger partial charge is 0.456 e. The summed E-state index contributed by atoms with van der Waals surface area (Å²) in [4.78, 5) is 0. The summed E-state index contributed by atoms with van der Waals surface area (Å²) in [7, 11) is 0. The van der Waals surface area contributed by atoms with Crippen LogP contribution in [0.3, 0.4) is 0 Å². The van der Waals surface area contributed by atoms with Gasteiger partial charge in [-0.25, -0.2) is 0 Å². The van der Waals surface area contributed by atoms with E-state index in [4.69, 9.17) is 9.62 Å². The van der Waals surface area contributed by atoms with E-state index in [1.807, 2.05) is 60.7 Å². The average molecular weight is 293 g/mol. The number of benzene rings is 2. The van der Waals surface area contributed by atoms with Crippen LogP contribution in [-0.4, -0.2) is 16.5 Å². The lowest BCUT2D eigenvalue weighted by Gasteiger charge is -2.27. The smallest absolute Gasteiger partial charge is 0.173 e. The second-order valence-corrected chi connectivity index (χ2v) is 4.89. The van der Waals surface area contributed by atoms with Crippen molar-refractivity contribution < 1.29 is 14.7 Å². The summed E-state index contributed by atoms with van der Waals surface area (Å²) in [6.45, 7) is 0. The van der Waals surface area contributed by atoms with Crippen molar-refractivity contribution >= 4 is 6.21 Å². The molecule has 0 aliphatic heterocycles. The Bertz CT molecular complexity index is 724. The number of hydrogen-bond donors (Lipinski definition) is 2. The Hall–Kier alpha value is -2.85. The second kappa shape index (κ2) is 5.87. The summed E-state index contributed by atoms with van der Waals surface area (Å²) < 4.78 is 5.64. The first-order valence-electron chi connectivity index (χ1n) is 6.86. The van der Waals surface area contributed by atoms with Crippen LogP contribution in [0.2, 0.25) is 0 Å². The summed E-state index contributed by atoms with van der Waals surface area (Å²) in [5, 5.41) is 23.0. The molecule has 2 N–H and O–H groups in total. The maximum atomic E-state index is 11.4. The van der Waals surface area contributed by atoms with Gasteiger partial charge in [0.05, 0.1) is 0 Å². The molecule has 3 rings (SSSR count). The van der Waals surface area contributed by atoms with Crippen molar-refractivity contribution in [1.82, 2.24) is 0 Å².